The summed E-state index contributed by atoms with van der Waals surface area (Å²) in [4.78, 5) is 58.0. The molecule has 1 aliphatic heterocycles. The molecule has 2 N–H and O–H groups in total. The van der Waals surface area contributed by atoms with Gasteiger partial charge in [0.25, 0.3) is 11.4 Å². The third-order valence-corrected chi connectivity index (χ3v) is 7.45. The number of imidazole rings is 1. The summed E-state index contributed by atoms with van der Waals surface area (Å²) in [5.41, 5.74) is 1.23. The highest BCUT2D eigenvalue weighted by Crippen LogP contribution is 2.32. The second-order valence-corrected chi connectivity index (χ2v) is 10.5. The fourth-order valence-electron chi connectivity index (χ4n) is 4.76. The molecule has 0 aliphatic carbocycles. The molecule has 246 valence electrons. The molecule has 0 saturated carbocycles. The molecule has 1 saturated heterocycles. The topological polar surface area (TPSA) is 233 Å². The molecule has 5 rings (SSSR count). The number of amides is 1. The molecule has 1 amide bonds. The first kappa shape index (κ1) is 32.9. The molecule has 3 heterocycles. The monoisotopic (exact) mass is 671 g/mol. The van der Waals surface area contributed by atoms with Crippen LogP contribution < -0.4 is 5.32 Å². The van der Waals surface area contributed by atoms with Crippen LogP contribution in [0.25, 0.3) is 11.2 Å². The predicted molar refractivity (Wildman–Crippen MR) is 161 cm³/mol. The van der Waals surface area contributed by atoms with E-state index in [2.05, 4.69) is 20.3 Å². The number of rotatable bonds is 12. The second-order valence-electron chi connectivity index (χ2n) is 10.1. The van der Waals surface area contributed by atoms with Gasteiger partial charge in [-0.2, -0.15) is 0 Å². The zero-order valence-electron chi connectivity index (χ0n) is 24.3. The van der Waals surface area contributed by atoms with Crippen LogP contribution in [0.2, 0.25) is 5.02 Å². The summed E-state index contributed by atoms with van der Waals surface area (Å²) in [5, 5.41) is 35.2. The molecule has 47 heavy (non-hydrogen) atoms. The first-order valence-corrected chi connectivity index (χ1v) is 14.4. The van der Waals surface area contributed by atoms with Crippen molar-refractivity contribution in [2.24, 2.45) is 0 Å². The van der Waals surface area contributed by atoms with Crippen LogP contribution >= 0.6 is 11.6 Å². The predicted octanol–water partition coefficient (Wildman–Crippen LogP) is 4.13. The van der Waals surface area contributed by atoms with Crippen molar-refractivity contribution >= 4 is 52.2 Å². The van der Waals surface area contributed by atoms with Crippen molar-refractivity contribution in [3.63, 3.8) is 0 Å². The van der Waals surface area contributed by atoms with E-state index in [1.807, 2.05) is 0 Å². The number of nitro groups is 2. The van der Waals surface area contributed by atoms with Gasteiger partial charge in [-0.3, -0.25) is 30.1 Å². The van der Waals surface area contributed by atoms with Crippen LogP contribution in [0.3, 0.4) is 0 Å². The Kier molecular flexibility index (Phi) is 10.3. The highest BCUT2D eigenvalue weighted by atomic mass is 35.5. The zero-order chi connectivity index (χ0) is 33.5. The van der Waals surface area contributed by atoms with Gasteiger partial charge in [-0.05, 0) is 11.6 Å². The molecule has 2 aromatic heterocycles. The molecule has 0 spiro atoms. The molecule has 1 fully saturated rings. The Labute approximate surface area is 269 Å². The molecular formula is C28H26ClN7O11. The summed E-state index contributed by atoms with van der Waals surface area (Å²) in [6.45, 7) is -0.575. The number of hydrogen-bond acceptors (Lipinski definition) is 14. The highest BCUT2D eigenvalue weighted by Gasteiger charge is 2.37. The zero-order valence-corrected chi connectivity index (χ0v) is 25.0. The summed E-state index contributed by atoms with van der Waals surface area (Å²) >= 11 is 6.05. The van der Waals surface area contributed by atoms with E-state index in [4.69, 9.17) is 30.5 Å². The van der Waals surface area contributed by atoms with Crippen LogP contribution in [-0.2, 0) is 31.8 Å². The maximum atomic E-state index is 12.4. The number of carbonyl (C=O) groups excluding carboxylic acids is 2. The maximum Gasteiger partial charge on any atom is 0.508 e. The lowest BCUT2D eigenvalue weighted by Gasteiger charge is -2.16. The van der Waals surface area contributed by atoms with E-state index < -0.39 is 40.5 Å². The van der Waals surface area contributed by atoms with Gasteiger partial charge in [-0.25, -0.2) is 24.5 Å². The van der Waals surface area contributed by atoms with Crippen molar-refractivity contribution < 1.29 is 43.5 Å². The molecule has 1 aliphatic rings. The lowest BCUT2D eigenvalue weighted by atomic mass is 10.1. The van der Waals surface area contributed by atoms with Gasteiger partial charge >= 0.3 is 12.2 Å². The summed E-state index contributed by atoms with van der Waals surface area (Å²) in [6.07, 6.45) is -1.55. The Balaban J connectivity index is 1.10. The first-order valence-electron chi connectivity index (χ1n) is 14.0. The number of non-ortho nitro benzene ring substituents is 1. The van der Waals surface area contributed by atoms with Gasteiger partial charge in [0.2, 0.25) is 0 Å². The van der Waals surface area contributed by atoms with Crippen molar-refractivity contribution in [3.8, 4) is 0 Å². The first-order chi connectivity index (χ1) is 22.6. The molecule has 19 heteroatoms. The van der Waals surface area contributed by atoms with Gasteiger partial charge < -0.3 is 24.1 Å². The van der Waals surface area contributed by atoms with Crippen LogP contribution in [0, 0.1) is 20.2 Å². The van der Waals surface area contributed by atoms with E-state index in [0.717, 1.165) is 5.56 Å². The SMILES string of the molecule is O=C(Nc1ncnc2c1ncn2[C@H]1C[C@H](O)[C@@H](COC(=O)OCCc2c(Cl)cccc2[N+](=O)[O-])O1)OCCc1ccc([N+](=O)[O-])cc1. The number of aliphatic hydroxyl groups is 1. The van der Waals surface area contributed by atoms with Gasteiger partial charge in [-0.15, -0.1) is 0 Å². The highest BCUT2D eigenvalue weighted by molar-refractivity contribution is 6.31. The summed E-state index contributed by atoms with van der Waals surface area (Å²) in [7, 11) is 0. The number of anilines is 1. The Hall–Kier alpha value is -5.46. The smallest absolute Gasteiger partial charge is 0.449 e. The summed E-state index contributed by atoms with van der Waals surface area (Å²) < 4.78 is 22.7. The van der Waals surface area contributed by atoms with Crippen molar-refractivity contribution in [2.45, 2.75) is 37.7 Å². The van der Waals surface area contributed by atoms with E-state index in [-0.39, 0.29) is 71.6 Å². The Morgan fingerprint density at radius 3 is 2.53 bits per heavy atom. The van der Waals surface area contributed by atoms with Crippen LogP contribution in [0.4, 0.5) is 26.8 Å². The van der Waals surface area contributed by atoms with E-state index in [0.29, 0.717) is 6.42 Å². The molecule has 3 atom stereocenters. The minimum absolute atomic E-state index is 0.00101. The van der Waals surface area contributed by atoms with Crippen LogP contribution in [0.5, 0.6) is 0 Å². The van der Waals surface area contributed by atoms with Gasteiger partial charge in [0.1, 0.15) is 25.3 Å². The molecule has 2 aromatic carbocycles. The van der Waals surface area contributed by atoms with Crippen molar-refractivity contribution in [1.29, 1.82) is 0 Å². The number of aliphatic hydroxyl groups excluding tert-OH is 1. The van der Waals surface area contributed by atoms with E-state index in [9.17, 15) is 34.9 Å². The number of aromatic nitrogens is 4. The summed E-state index contributed by atoms with van der Waals surface area (Å²) in [5.74, 6) is 0.0670. The molecule has 18 nitrogen and oxygen atoms in total. The molecule has 0 bridgehead atoms. The normalized spacial score (nSPS) is 17.3. The number of nitro benzene ring substituents is 2. The average Bonchev–Trinajstić information content (AvgIpc) is 3.64. The standard InChI is InChI=1S/C28H26ClN7O11/c29-19-2-1-3-20(36(42)43)18(19)9-11-45-28(39)46-13-22-21(37)12-23(47-22)34-15-32-24-25(30-14-31-26(24)34)33-27(38)44-10-8-16-4-6-17(7-5-16)35(40)41/h1-7,14-15,21-23,37H,8-13H2,(H,30,31,33,38)/t21-,22+,23+/m0/s1. The van der Waals surface area contributed by atoms with Crippen molar-refractivity contribution in [3.05, 3.63) is 91.5 Å². The maximum absolute atomic E-state index is 12.4. The third kappa shape index (κ3) is 8.04. The Morgan fingerprint density at radius 1 is 1.02 bits per heavy atom. The average molecular weight is 672 g/mol. The van der Waals surface area contributed by atoms with Crippen LogP contribution in [0.15, 0.2) is 55.1 Å². The summed E-state index contributed by atoms with van der Waals surface area (Å²) in [6, 6.07) is 10.1. The fourth-order valence-corrected chi connectivity index (χ4v) is 5.03. The quantitative estimate of drug-likeness (QED) is 0.122. The van der Waals surface area contributed by atoms with Gasteiger partial charge in [0, 0.05) is 37.5 Å². The largest absolute Gasteiger partial charge is 0.508 e. The van der Waals surface area contributed by atoms with Crippen molar-refractivity contribution in [1.82, 2.24) is 19.5 Å². The van der Waals surface area contributed by atoms with Gasteiger partial charge in [0.05, 0.1) is 46.1 Å². The lowest BCUT2D eigenvalue weighted by Crippen LogP contribution is -2.28. The Morgan fingerprint density at radius 2 is 1.79 bits per heavy atom. The van der Waals surface area contributed by atoms with E-state index in [1.165, 1.54) is 47.6 Å². The molecular weight excluding hydrogens is 646 g/mol. The minimum atomic E-state index is -1.06. The van der Waals surface area contributed by atoms with Crippen LogP contribution in [-0.4, -0.2) is 78.7 Å². The van der Waals surface area contributed by atoms with E-state index in [1.54, 1.807) is 12.1 Å². The number of ether oxygens (including phenoxy) is 4. The van der Waals surface area contributed by atoms with Crippen LogP contribution in [0.1, 0.15) is 23.8 Å². The number of hydrogen-bond donors (Lipinski definition) is 2. The van der Waals surface area contributed by atoms with Gasteiger partial charge in [-0.1, -0.05) is 29.8 Å². The number of benzene rings is 2. The van der Waals surface area contributed by atoms with Crippen molar-refractivity contribution in [2.75, 3.05) is 25.1 Å². The lowest BCUT2D eigenvalue weighted by molar-refractivity contribution is -0.385. The Bertz CT molecular complexity index is 1790. The second kappa shape index (κ2) is 14.8. The number of nitrogens with zero attached hydrogens (tertiary/aromatic N) is 6. The van der Waals surface area contributed by atoms with E-state index >= 15 is 0 Å². The molecule has 0 radical (unpaired) electrons. The third-order valence-electron chi connectivity index (χ3n) is 7.09. The van der Waals surface area contributed by atoms with Gasteiger partial charge in [0.15, 0.2) is 17.0 Å². The molecule has 0 unspecified atom stereocenters. The fraction of sp³-hybridized carbons (Fsp3) is 0.321. The number of carbonyl (C=O) groups is 2. The molecule has 4 aromatic rings. The minimum Gasteiger partial charge on any atom is -0.449 e. The number of nitrogens with one attached hydrogen (secondary N) is 1. The number of halogens is 1. The number of fused-ring (bicyclic) bond motifs is 1.